The van der Waals surface area contributed by atoms with Crippen LogP contribution in [0.1, 0.15) is 37.8 Å². The van der Waals surface area contributed by atoms with E-state index in [4.69, 9.17) is 9.84 Å². The molecule has 0 aliphatic rings. The minimum atomic E-state index is -0.818. The number of likely N-dealkylation sites (N-methyl/N-ethyl adjacent to an activating group) is 1. The molecule has 1 rings (SSSR count). The fraction of sp³-hybridized carbons (Fsp3) is 0.533. The topological polar surface area (TPSA) is 49.8 Å². The van der Waals surface area contributed by atoms with Gasteiger partial charge in [0, 0.05) is 12.1 Å². The third-order valence-corrected chi connectivity index (χ3v) is 3.41. The number of benzene rings is 1. The van der Waals surface area contributed by atoms with Crippen LogP contribution in [0.3, 0.4) is 0 Å². The van der Waals surface area contributed by atoms with E-state index >= 15 is 0 Å². The molecule has 0 amide bonds. The fourth-order valence-electron chi connectivity index (χ4n) is 1.88. The lowest BCUT2D eigenvalue weighted by atomic mass is 10.00. The van der Waals surface area contributed by atoms with Crippen molar-refractivity contribution in [1.82, 2.24) is 4.90 Å². The van der Waals surface area contributed by atoms with Crippen molar-refractivity contribution in [3.05, 3.63) is 29.3 Å². The Kier molecular flexibility index (Phi) is 5.36. The first-order chi connectivity index (χ1) is 8.86. The number of hydrogen-bond donors (Lipinski definition) is 1. The van der Waals surface area contributed by atoms with Crippen molar-refractivity contribution < 1.29 is 14.6 Å². The van der Waals surface area contributed by atoms with Gasteiger partial charge >= 0.3 is 5.97 Å². The van der Waals surface area contributed by atoms with E-state index in [-0.39, 0.29) is 0 Å². The normalized spacial score (nSPS) is 12.8. The summed E-state index contributed by atoms with van der Waals surface area (Å²) in [5.74, 6) is 0.419. The van der Waals surface area contributed by atoms with Crippen LogP contribution in [0.25, 0.3) is 0 Å². The Labute approximate surface area is 115 Å². The number of nitrogens with zero attached hydrogens (tertiary/aromatic N) is 1. The van der Waals surface area contributed by atoms with Crippen LogP contribution in [-0.2, 0) is 11.3 Å². The van der Waals surface area contributed by atoms with Crippen molar-refractivity contribution in [3.63, 3.8) is 0 Å². The Bertz CT molecular complexity index is 443. The molecule has 1 aromatic carbocycles. The molecule has 4 heteroatoms. The quantitative estimate of drug-likeness (QED) is 0.859. The van der Waals surface area contributed by atoms with Crippen LogP contribution in [-0.4, -0.2) is 36.2 Å². The Hall–Kier alpha value is -1.55. The third-order valence-electron chi connectivity index (χ3n) is 3.41. The van der Waals surface area contributed by atoms with Gasteiger partial charge in [-0.05, 0) is 31.5 Å². The maximum Gasteiger partial charge on any atom is 0.320 e. The van der Waals surface area contributed by atoms with Gasteiger partial charge in [0.15, 0.2) is 0 Å². The third kappa shape index (κ3) is 3.96. The zero-order valence-electron chi connectivity index (χ0n) is 12.3. The SMILES string of the molecule is COc1ccc(C(C)C)cc1CN(C)C(C)C(=O)O. The Morgan fingerprint density at radius 2 is 2.00 bits per heavy atom. The zero-order valence-corrected chi connectivity index (χ0v) is 12.3. The van der Waals surface area contributed by atoms with E-state index in [0.717, 1.165) is 11.3 Å². The van der Waals surface area contributed by atoms with E-state index < -0.39 is 12.0 Å². The van der Waals surface area contributed by atoms with Crippen molar-refractivity contribution in [2.75, 3.05) is 14.2 Å². The zero-order chi connectivity index (χ0) is 14.6. The number of carbonyl (C=O) groups is 1. The summed E-state index contributed by atoms with van der Waals surface area (Å²) in [5.41, 5.74) is 2.25. The molecule has 1 N–H and O–H groups in total. The molecule has 1 unspecified atom stereocenters. The van der Waals surface area contributed by atoms with Crippen LogP contribution in [0.5, 0.6) is 5.75 Å². The maximum absolute atomic E-state index is 11.0. The Balaban J connectivity index is 2.97. The van der Waals surface area contributed by atoms with E-state index in [1.54, 1.807) is 26.0 Å². The van der Waals surface area contributed by atoms with Crippen molar-refractivity contribution in [1.29, 1.82) is 0 Å². The highest BCUT2D eigenvalue weighted by Gasteiger charge is 2.18. The van der Waals surface area contributed by atoms with Crippen LogP contribution in [0.2, 0.25) is 0 Å². The lowest BCUT2D eigenvalue weighted by Gasteiger charge is -2.23. The molecule has 0 spiro atoms. The van der Waals surface area contributed by atoms with E-state index in [2.05, 4.69) is 19.9 Å². The fourth-order valence-corrected chi connectivity index (χ4v) is 1.88. The standard InChI is InChI=1S/C15H23NO3/c1-10(2)12-6-7-14(19-5)13(8-12)9-16(4)11(3)15(17)18/h6-8,10-11H,9H2,1-5H3,(H,17,18). The van der Waals surface area contributed by atoms with Gasteiger partial charge in [-0.2, -0.15) is 0 Å². The number of hydrogen-bond acceptors (Lipinski definition) is 3. The summed E-state index contributed by atoms with van der Waals surface area (Å²) >= 11 is 0. The van der Waals surface area contributed by atoms with Gasteiger partial charge in [-0.25, -0.2) is 0 Å². The average Bonchev–Trinajstić information content (AvgIpc) is 2.37. The second-order valence-corrected chi connectivity index (χ2v) is 5.16. The van der Waals surface area contributed by atoms with Crippen LogP contribution in [0.15, 0.2) is 18.2 Å². The molecule has 4 nitrogen and oxygen atoms in total. The lowest BCUT2D eigenvalue weighted by molar-refractivity contribution is -0.142. The molecule has 0 saturated heterocycles. The highest BCUT2D eigenvalue weighted by Crippen LogP contribution is 2.25. The van der Waals surface area contributed by atoms with Gasteiger partial charge in [0.2, 0.25) is 0 Å². The summed E-state index contributed by atoms with van der Waals surface area (Å²) in [6.07, 6.45) is 0. The van der Waals surface area contributed by atoms with Crippen LogP contribution in [0.4, 0.5) is 0 Å². The molecule has 0 aliphatic carbocycles. The molecular weight excluding hydrogens is 242 g/mol. The second-order valence-electron chi connectivity index (χ2n) is 5.16. The predicted molar refractivity (Wildman–Crippen MR) is 75.6 cm³/mol. The molecule has 1 aromatic rings. The number of aliphatic carboxylic acids is 1. The molecule has 0 aromatic heterocycles. The van der Waals surface area contributed by atoms with Gasteiger partial charge in [-0.3, -0.25) is 9.69 Å². The van der Waals surface area contributed by atoms with Crippen LogP contribution < -0.4 is 4.74 Å². The average molecular weight is 265 g/mol. The number of carboxylic acids is 1. The lowest BCUT2D eigenvalue weighted by Crippen LogP contribution is -2.35. The molecule has 0 fully saturated rings. The van der Waals surface area contributed by atoms with Crippen LogP contribution in [0, 0.1) is 0 Å². The molecule has 19 heavy (non-hydrogen) atoms. The van der Waals surface area contributed by atoms with E-state index in [9.17, 15) is 4.79 Å². The van der Waals surface area contributed by atoms with Crippen molar-refractivity contribution in [3.8, 4) is 5.75 Å². The summed E-state index contributed by atoms with van der Waals surface area (Å²) in [7, 11) is 3.44. The summed E-state index contributed by atoms with van der Waals surface area (Å²) in [5, 5.41) is 9.03. The molecule has 1 atom stereocenters. The molecular formula is C15H23NO3. The molecule has 0 saturated carbocycles. The summed E-state index contributed by atoms with van der Waals surface area (Å²) in [6, 6.07) is 5.57. The van der Waals surface area contributed by atoms with Gasteiger partial charge in [0.1, 0.15) is 11.8 Å². The monoisotopic (exact) mass is 265 g/mol. The van der Waals surface area contributed by atoms with E-state index in [1.807, 2.05) is 12.1 Å². The number of methoxy groups -OCH3 is 1. The van der Waals surface area contributed by atoms with Gasteiger partial charge in [-0.15, -0.1) is 0 Å². The van der Waals surface area contributed by atoms with Gasteiger partial charge in [0.25, 0.3) is 0 Å². The maximum atomic E-state index is 11.0. The first kappa shape index (κ1) is 15.5. The Morgan fingerprint density at radius 3 is 2.47 bits per heavy atom. The number of ether oxygens (including phenoxy) is 1. The predicted octanol–water partition coefficient (Wildman–Crippen LogP) is 2.72. The summed E-state index contributed by atoms with van der Waals surface area (Å²) in [4.78, 5) is 12.8. The van der Waals surface area contributed by atoms with E-state index in [1.165, 1.54) is 5.56 Å². The molecule has 0 heterocycles. The highest BCUT2D eigenvalue weighted by molar-refractivity contribution is 5.72. The van der Waals surface area contributed by atoms with Gasteiger partial charge in [0.05, 0.1) is 7.11 Å². The van der Waals surface area contributed by atoms with Gasteiger partial charge in [-0.1, -0.05) is 26.0 Å². The minimum Gasteiger partial charge on any atom is -0.496 e. The second kappa shape index (κ2) is 6.57. The van der Waals surface area contributed by atoms with Crippen LogP contribution >= 0.6 is 0 Å². The summed E-state index contributed by atoms with van der Waals surface area (Å²) < 4.78 is 5.35. The smallest absolute Gasteiger partial charge is 0.320 e. The molecule has 0 aliphatic heterocycles. The minimum absolute atomic E-state index is 0.437. The highest BCUT2D eigenvalue weighted by atomic mass is 16.5. The summed E-state index contributed by atoms with van der Waals surface area (Å²) in [6.45, 7) is 6.50. The molecule has 0 radical (unpaired) electrons. The number of carboxylic acid groups (broad SMARTS) is 1. The molecule has 0 bridgehead atoms. The Morgan fingerprint density at radius 1 is 1.37 bits per heavy atom. The van der Waals surface area contributed by atoms with Gasteiger partial charge < -0.3 is 9.84 Å². The van der Waals surface area contributed by atoms with Crippen molar-refractivity contribution in [2.45, 2.75) is 39.3 Å². The molecule has 106 valence electrons. The van der Waals surface area contributed by atoms with E-state index in [0.29, 0.717) is 12.5 Å². The first-order valence-electron chi connectivity index (χ1n) is 6.46. The largest absolute Gasteiger partial charge is 0.496 e. The first-order valence-corrected chi connectivity index (χ1v) is 6.46. The van der Waals surface area contributed by atoms with Crippen molar-refractivity contribution >= 4 is 5.97 Å². The van der Waals surface area contributed by atoms with Crippen molar-refractivity contribution in [2.24, 2.45) is 0 Å². The number of rotatable bonds is 6.